The number of rotatable bonds is 2. The first-order valence-electron chi connectivity index (χ1n) is 6.46. The highest BCUT2D eigenvalue weighted by Crippen LogP contribution is 2.37. The van der Waals surface area contributed by atoms with Crippen LogP contribution >= 0.6 is 15.9 Å². The molecule has 1 aliphatic rings. The Morgan fingerprint density at radius 2 is 2.05 bits per heavy atom. The zero-order valence-corrected chi connectivity index (χ0v) is 13.6. The van der Waals surface area contributed by atoms with Gasteiger partial charge in [-0.3, -0.25) is 4.98 Å². The Kier molecular flexibility index (Phi) is 3.97. The molecule has 1 saturated heterocycles. The van der Waals surface area contributed by atoms with Gasteiger partial charge >= 0.3 is 6.09 Å². The summed E-state index contributed by atoms with van der Waals surface area (Å²) in [5.41, 5.74) is -1.55. The molecule has 0 saturated carbocycles. The van der Waals surface area contributed by atoms with Crippen LogP contribution in [0.5, 0.6) is 0 Å². The first-order chi connectivity index (χ1) is 9.66. The minimum absolute atomic E-state index is 0.0140. The van der Waals surface area contributed by atoms with E-state index in [9.17, 15) is 14.7 Å². The molecule has 1 fully saturated rings. The van der Waals surface area contributed by atoms with Crippen LogP contribution in [0.1, 0.15) is 26.5 Å². The smallest absolute Gasteiger partial charge is 0.410 e. The average molecular weight is 356 g/mol. The van der Waals surface area contributed by atoms with Gasteiger partial charge in [0, 0.05) is 23.8 Å². The zero-order chi connectivity index (χ0) is 15.8. The Morgan fingerprint density at radius 3 is 2.52 bits per heavy atom. The Morgan fingerprint density at radius 1 is 1.43 bits per heavy atom. The first kappa shape index (κ1) is 15.8. The number of carbonyl (C=O) groups is 2. The molecule has 1 aromatic heterocycles. The minimum atomic E-state index is -1.29. The van der Waals surface area contributed by atoms with Crippen molar-refractivity contribution in [2.45, 2.75) is 31.8 Å². The summed E-state index contributed by atoms with van der Waals surface area (Å²) < 4.78 is 5.80. The number of aromatic nitrogens is 1. The quantitative estimate of drug-likeness (QED) is 0.792. The first-order valence-corrected chi connectivity index (χ1v) is 7.25. The summed E-state index contributed by atoms with van der Waals surface area (Å²) in [5.74, 6) is -1.25. The van der Waals surface area contributed by atoms with E-state index in [1.807, 2.05) is 0 Å². The molecular weight excluding hydrogens is 340 g/mol. The van der Waals surface area contributed by atoms with Gasteiger partial charge in [-0.2, -0.15) is 0 Å². The Labute approximate surface area is 131 Å². The number of pyridine rings is 1. The molecule has 0 N–H and O–H groups in total. The molecule has 0 unspecified atom stereocenters. The van der Waals surface area contributed by atoms with E-state index in [0.717, 1.165) is 0 Å². The third kappa shape index (κ3) is 3.02. The highest BCUT2D eigenvalue weighted by atomic mass is 79.9. The Hall–Kier alpha value is -1.63. The fourth-order valence-corrected chi connectivity index (χ4v) is 2.81. The van der Waals surface area contributed by atoms with Crippen LogP contribution in [0.2, 0.25) is 0 Å². The molecule has 1 aromatic rings. The van der Waals surface area contributed by atoms with E-state index in [-0.39, 0.29) is 13.1 Å². The van der Waals surface area contributed by atoms with Gasteiger partial charge in [-0.05, 0) is 48.8 Å². The van der Waals surface area contributed by atoms with E-state index in [1.165, 1.54) is 11.1 Å². The van der Waals surface area contributed by atoms with E-state index in [1.54, 1.807) is 32.9 Å². The number of halogens is 1. The van der Waals surface area contributed by atoms with Crippen molar-refractivity contribution in [2.24, 2.45) is 0 Å². The van der Waals surface area contributed by atoms with Gasteiger partial charge in [-0.25, -0.2) is 4.79 Å². The van der Waals surface area contributed by atoms with Crippen LogP contribution in [0.15, 0.2) is 22.8 Å². The standard InChI is InChI=1S/C14H17BrN2O4/c1-13(2,3)21-12(20)17-7-14(8-17,11(18)19)10-9(15)5-4-6-16-10/h4-6H,7-8H2,1-3H3,(H,18,19)/p-1. The van der Waals surface area contributed by atoms with E-state index >= 15 is 0 Å². The lowest BCUT2D eigenvalue weighted by Crippen LogP contribution is -2.69. The molecule has 114 valence electrons. The maximum Gasteiger partial charge on any atom is 0.410 e. The molecule has 6 nitrogen and oxygen atoms in total. The lowest BCUT2D eigenvalue weighted by molar-refractivity contribution is -0.318. The van der Waals surface area contributed by atoms with Crippen molar-refractivity contribution in [3.8, 4) is 0 Å². The summed E-state index contributed by atoms with van der Waals surface area (Å²) in [4.78, 5) is 28.9. The molecule has 0 radical (unpaired) electrons. The number of carbonyl (C=O) groups excluding carboxylic acids is 2. The van der Waals surface area contributed by atoms with E-state index < -0.39 is 23.1 Å². The fraction of sp³-hybridized carbons (Fsp3) is 0.500. The molecule has 1 amide bonds. The van der Waals surface area contributed by atoms with Gasteiger partial charge in [0.15, 0.2) is 0 Å². The third-order valence-electron chi connectivity index (χ3n) is 3.18. The monoisotopic (exact) mass is 355 g/mol. The number of nitrogens with zero attached hydrogens (tertiary/aromatic N) is 2. The predicted molar refractivity (Wildman–Crippen MR) is 76.4 cm³/mol. The predicted octanol–water partition coefficient (Wildman–Crippen LogP) is 1.08. The van der Waals surface area contributed by atoms with Gasteiger partial charge in [0.05, 0.1) is 17.1 Å². The highest BCUT2D eigenvalue weighted by Gasteiger charge is 2.51. The van der Waals surface area contributed by atoms with E-state index in [2.05, 4.69) is 20.9 Å². The van der Waals surface area contributed by atoms with Crippen molar-refractivity contribution >= 4 is 28.0 Å². The second kappa shape index (κ2) is 5.29. The van der Waals surface area contributed by atoms with Crippen LogP contribution in [0.25, 0.3) is 0 Å². The lowest BCUT2D eigenvalue weighted by atomic mass is 9.76. The number of hydrogen-bond donors (Lipinski definition) is 0. The van der Waals surface area contributed by atoms with Crippen molar-refractivity contribution in [2.75, 3.05) is 13.1 Å². The van der Waals surface area contributed by atoms with Crippen LogP contribution in [0.3, 0.4) is 0 Å². The van der Waals surface area contributed by atoms with Crippen molar-refractivity contribution in [1.29, 1.82) is 0 Å². The number of aliphatic carboxylic acids is 1. The normalized spacial score (nSPS) is 17.0. The van der Waals surface area contributed by atoms with E-state index in [4.69, 9.17) is 4.74 Å². The molecule has 2 heterocycles. The van der Waals surface area contributed by atoms with Gasteiger partial charge in [0.25, 0.3) is 0 Å². The van der Waals surface area contributed by atoms with Gasteiger partial charge < -0.3 is 19.5 Å². The van der Waals surface area contributed by atoms with Crippen LogP contribution < -0.4 is 5.11 Å². The maximum atomic E-state index is 11.9. The number of likely N-dealkylation sites (tertiary alicyclic amines) is 1. The topological polar surface area (TPSA) is 82.6 Å². The maximum absolute atomic E-state index is 11.9. The molecule has 21 heavy (non-hydrogen) atoms. The molecule has 0 atom stereocenters. The van der Waals surface area contributed by atoms with Crippen molar-refractivity contribution in [3.63, 3.8) is 0 Å². The SMILES string of the molecule is CC(C)(C)OC(=O)N1CC(C(=O)[O-])(c2ncccc2Br)C1. The summed E-state index contributed by atoms with van der Waals surface area (Å²) in [6.07, 6.45) is 0.979. The van der Waals surface area contributed by atoms with Crippen LogP contribution in [-0.4, -0.2) is 40.6 Å². The lowest BCUT2D eigenvalue weighted by Gasteiger charge is -2.50. The van der Waals surface area contributed by atoms with Crippen LogP contribution in [0, 0.1) is 0 Å². The number of hydrogen-bond acceptors (Lipinski definition) is 5. The number of carboxylic acids is 1. The molecule has 1 aliphatic heterocycles. The molecule has 0 bridgehead atoms. The van der Waals surface area contributed by atoms with Crippen LogP contribution in [0.4, 0.5) is 4.79 Å². The van der Waals surface area contributed by atoms with Crippen molar-refractivity contribution in [1.82, 2.24) is 9.88 Å². The second-order valence-electron chi connectivity index (χ2n) is 6.04. The molecular formula is C14H16BrN2O4-. The summed E-state index contributed by atoms with van der Waals surface area (Å²) in [5, 5.41) is 11.6. The zero-order valence-electron chi connectivity index (χ0n) is 12.1. The summed E-state index contributed by atoms with van der Waals surface area (Å²) in [7, 11) is 0. The van der Waals surface area contributed by atoms with Crippen molar-refractivity contribution < 1.29 is 19.4 Å². The second-order valence-corrected chi connectivity index (χ2v) is 6.89. The van der Waals surface area contributed by atoms with Crippen molar-refractivity contribution in [3.05, 3.63) is 28.5 Å². The summed E-state index contributed by atoms with van der Waals surface area (Å²) in [6.45, 7) is 5.24. The van der Waals surface area contributed by atoms with Gasteiger partial charge in [-0.1, -0.05) is 0 Å². The average Bonchev–Trinajstić information content (AvgIpc) is 2.27. The Balaban J connectivity index is 2.18. The summed E-state index contributed by atoms with van der Waals surface area (Å²) >= 11 is 3.29. The minimum Gasteiger partial charge on any atom is -0.549 e. The third-order valence-corrected chi connectivity index (χ3v) is 3.82. The molecule has 0 aromatic carbocycles. The molecule has 2 rings (SSSR count). The highest BCUT2D eigenvalue weighted by molar-refractivity contribution is 9.10. The Bertz CT molecular complexity index is 577. The number of carboxylic acid groups (broad SMARTS) is 1. The fourth-order valence-electron chi connectivity index (χ4n) is 2.17. The van der Waals surface area contributed by atoms with Crippen LogP contribution in [-0.2, 0) is 14.9 Å². The van der Waals surface area contributed by atoms with Gasteiger partial charge in [-0.15, -0.1) is 0 Å². The number of amides is 1. The molecule has 0 aliphatic carbocycles. The molecule has 7 heteroatoms. The molecule has 0 spiro atoms. The van der Waals surface area contributed by atoms with Gasteiger partial charge in [0.1, 0.15) is 5.60 Å². The number of ether oxygens (including phenoxy) is 1. The van der Waals surface area contributed by atoms with Gasteiger partial charge in [0.2, 0.25) is 0 Å². The van der Waals surface area contributed by atoms with E-state index in [0.29, 0.717) is 10.2 Å². The largest absolute Gasteiger partial charge is 0.549 e. The summed E-state index contributed by atoms with van der Waals surface area (Å²) in [6, 6.07) is 3.41.